The van der Waals surface area contributed by atoms with E-state index in [1.807, 2.05) is 6.07 Å². The predicted octanol–water partition coefficient (Wildman–Crippen LogP) is 5.81. The summed E-state index contributed by atoms with van der Waals surface area (Å²) in [5, 5.41) is 3.08. The van der Waals surface area contributed by atoms with Gasteiger partial charge in [-0.3, -0.25) is 13.9 Å². The molecule has 0 aliphatic rings. The van der Waals surface area contributed by atoms with Crippen molar-refractivity contribution >= 4 is 44.7 Å². The lowest BCUT2D eigenvalue weighted by molar-refractivity contribution is 0.102. The number of benzene rings is 4. The van der Waals surface area contributed by atoms with Gasteiger partial charge in [-0.1, -0.05) is 72.3 Å². The molecule has 0 aliphatic heterocycles. The number of ketones is 1. The number of hydrogen-bond donors (Lipinski definition) is 1. The number of rotatable bonds is 10. The number of halogens is 1. The first-order valence-electron chi connectivity index (χ1n) is 12.1. The Labute approximate surface area is 238 Å². The van der Waals surface area contributed by atoms with Crippen molar-refractivity contribution < 1.29 is 27.5 Å². The van der Waals surface area contributed by atoms with Crippen molar-refractivity contribution in [2.75, 3.05) is 30.1 Å². The number of hydrogen-bond acceptors (Lipinski definition) is 6. The summed E-state index contributed by atoms with van der Waals surface area (Å²) in [6.07, 6.45) is 1.06. The molecule has 4 rings (SSSR count). The Hall–Kier alpha value is -4.34. The van der Waals surface area contributed by atoms with E-state index in [0.29, 0.717) is 16.1 Å². The van der Waals surface area contributed by atoms with Crippen LogP contribution in [-0.4, -0.2) is 40.6 Å². The van der Waals surface area contributed by atoms with E-state index in [4.69, 9.17) is 21.1 Å². The molecule has 0 atom stereocenters. The first-order chi connectivity index (χ1) is 19.1. The Morgan fingerprint density at radius 1 is 0.825 bits per heavy atom. The number of anilines is 2. The fraction of sp³-hybridized carbons (Fsp3) is 0.133. The fourth-order valence-electron chi connectivity index (χ4n) is 4.13. The second kappa shape index (κ2) is 12.2. The van der Waals surface area contributed by atoms with E-state index in [0.717, 1.165) is 10.6 Å². The zero-order chi connectivity index (χ0) is 28.9. The molecule has 0 saturated heterocycles. The van der Waals surface area contributed by atoms with Gasteiger partial charge in [-0.25, -0.2) is 8.42 Å². The third-order valence-electron chi connectivity index (χ3n) is 6.09. The fourth-order valence-corrected chi connectivity index (χ4v) is 5.20. The number of nitrogens with one attached hydrogen (secondary N) is 1. The molecule has 0 saturated carbocycles. The molecule has 206 valence electrons. The lowest BCUT2D eigenvalue weighted by Gasteiger charge is -2.26. The van der Waals surface area contributed by atoms with Gasteiger partial charge in [-0.2, -0.15) is 0 Å². The maximum atomic E-state index is 13.8. The smallest absolute Gasteiger partial charge is 0.257 e. The number of nitrogens with zero attached hydrogens (tertiary/aromatic N) is 1. The molecule has 1 N–H and O–H groups in total. The van der Waals surface area contributed by atoms with E-state index < -0.39 is 15.9 Å². The number of carbonyl (C=O) groups is 2. The molecule has 0 aliphatic carbocycles. The molecular formula is C30H27ClN2O6S. The van der Waals surface area contributed by atoms with Gasteiger partial charge in [0.15, 0.2) is 17.3 Å². The molecule has 40 heavy (non-hydrogen) atoms. The van der Waals surface area contributed by atoms with Crippen molar-refractivity contribution in [1.82, 2.24) is 0 Å². The van der Waals surface area contributed by atoms with Crippen molar-refractivity contribution in [1.29, 1.82) is 0 Å². The first kappa shape index (κ1) is 28.7. The summed E-state index contributed by atoms with van der Waals surface area (Å²) < 4.78 is 38.0. The quantitative estimate of drug-likeness (QED) is 0.238. The van der Waals surface area contributed by atoms with Crippen LogP contribution in [0.3, 0.4) is 0 Å². The highest BCUT2D eigenvalue weighted by molar-refractivity contribution is 7.92. The molecule has 0 aromatic heterocycles. The maximum absolute atomic E-state index is 13.8. The molecule has 8 nitrogen and oxygen atoms in total. The van der Waals surface area contributed by atoms with Gasteiger partial charge in [-0.05, 0) is 29.8 Å². The molecule has 0 unspecified atom stereocenters. The van der Waals surface area contributed by atoms with E-state index in [1.165, 1.54) is 38.5 Å². The van der Waals surface area contributed by atoms with Gasteiger partial charge in [0.25, 0.3) is 5.91 Å². The second-order valence-electron chi connectivity index (χ2n) is 8.82. The average molecular weight is 579 g/mol. The lowest BCUT2D eigenvalue weighted by atomic mass is 10.0. The van der Waals surface area contributed by atoms with Gasteiger partial charge in [0.05, 0.1) is 44.0 Å². The monoisotopic (exact) mass is 578 g/mol. The lowest BCUT2D eigenvalue weighted by Crippen LogP contribution is -2.31. The number of amides is 1. The highest BCUT2D eigenvalue weighted by Gasteiger charge is 2.27. The number of carbonyl (C=O) groups excluding carboxylic acids is 2. The largest absolute Gasteiger partial charge is 0.493 e. The highest BCUT2D eigenvalue weighted by atomic mass is 35.5. The van der Waals surface area contributed by atoms with Crippen LogP contribution in [0.5, 0.6) is 11.5 Å². The minimum absolute atomic E-state index is 0.00735. The van der Waals surface area contributed by atoms with Gasteiger partial charge in [-0.15, -0.1) is 0 Å². The molecule has 0 heterocycles. The minimum atomic E-state index is -3.87. The zero-order valence-electron chi connectivity index (χ0n) is 22.1. The topological polar surface area (TPSA) is 102 Å². The van der Waals surface area contributed by atoms with Crippen LogP contribution >= 0.6 is 11.6 Å². The van der Waals surface area contributed by atoms with Crippen molar-refractivity contribution in [3.8, 4) is 11.5 Å². The number of sulfonamides is 1. The van der Waals surface area contributed by atoms with Gasteiger partial charge in [0, 0.05) is 22.2 Å². The predicted molar refractivity (Wildman–Crippen MR) is 156 cm³/mol. The molecule has 4 aromatic carbocycles. The van der Waals surface area contributed by atoms with E-state index in [9.17, 15) is 18.0 Å². The van der Waals surface area contributed by atoms with Crippen LogP contribution in [0, 0.1) is 0 Å². The van der Waals surface area contributed by atoms with Crippen molar-refractivity contribution in [2.45, 2.75) is 6.54 Å². The Bertz CT molecular complexity index is 1640. The Morgan fingerprint density at radius 2 is 1.43 bits per heavy atom. The summed E-state index contributed by atoms with van der Waals surface area (Å²) in [6.45, 7) is -0.0336. The van der Waals surface area contributed by atoms with Crippen LogP contribution in [-0.2, 0) is 16.6 Å². The maximum Gasteiger partial charge on any atom is 0.257 e. The normalized spacial score (nSPS) is 11.0. The van der Waals surface area contributed by atoms with Crippen molar-refractivity contribution in [2.24, 2.45) is 0 Å². The molecule has 4 aromatic rings. The molecule has 0 spiro atoms. The zero-order valence-corrected chi connectivity index (χ0v) is 23.6. The summed E-state index contributed by atoms with van der Waals surface area (Å²) in [5.41, 5.74) is 1.58. The summed E-state index contributed by atoms with van der Waals surface area (Å²) in [4.78, 5) is 27.1. The van der Waals surface area contributed by atoms with Crippen molar-refractivity contribution in [3.63, 3.8) is 0 Å². The Kier molecular flexibility index (Phi) is 8.77. The van der Waals surface area contributed by atoms with Gasteiger partial charge in [0.1, 0.15) is 0 Å². The summed E-state index contributed by atoms with van der Waals surface area (Å²) >= 11 is 6.20. The van der Waals surface area contributed by atoms with E-state index >= 15 is 0 Å². The highest BCUT2D eigenvalue weighted by Crippen LogP contribution is 2.37. The Balaban J connectivity index is 1.82. The van der Waals surface area contributed by atoms with Crippen LogP contribution in [0.4, 0.5) is 11.4 Å². The molecular weight excluding hydrogens is 552 g/mol. The third-order valence-corrected chi connectivity index (χ3v) is 7.46. The molecule has 10 heteroatoms. The second-order valence-corrected chi connectivity index (χ2v) is 11.2. The van der Waals surface area contributed by atoms with Crippen LogP contribution in [0.1, 0.15) is 31.8 Å². The third kappa shape index (κ3) is 6.44. The summed E-state index contributed by atoms with van der Waals surface area (Å²) in [6, 6.07) is 25.0. The SMILES string of the molecule is COc1cc(C(=O)Nc2ccc(Cl)cc2C(=O)c2ccccc2)c(N(Cc2ccccc2)S(C)(=O)=O)cc1OC. The van der Waals surface area contributed by atoms with Crippen LogP contribution in [0.2, 0.25) is 5.02 Å². The van der Waals surface area contributed by atoms with Gasteiger partial charge >= 0.3 is 0 Å². The van der Waals surface area contributed by atoms with Crippen LogP contribution in [0.25, 0.3) is 0 Å². The molecule has 0 bridgehead atoms. The van der Waals surface area contributed by atoms with Gasteiger partial charge in [0.2, 0.25) is 10.0 Å². The van der Waals surface area contributed by atoms with Crippen LogP contribution in [0.15, 0.2) is 91.0 Å². The van der Waals surface area contributed by atoms with Gasteiger partial charge < -0.3 is 14.8 Å². The molecule has 0 radical (unpaired) electrons. The molecule has 1 amide bonds. The molecule has 0 fully saturated rings. The van der Waals surface area contributed by atoms with E-state index in [1.54, 1.807) is 60.7 Å². The van der Waals surface area contributed by atoms with E-state index in [2.05, 4.69) is 5.32 Å². The summed E-state index contributed by atoms with van der Waals surface area (Å²) in [5.74, 6) is -0.543. The number of ether oxygens (including phenoxy) is 2. The van der Waals surface area contributed by atoms with Crippen molar-refractivity contribution in [3.05, 3.63) is 118 Å². The average Bonchev–Trinajstić information content (AvgIpc) is 2.96. The first-order valence-corrected chi connectivity index (χ1v) is 14.3. The van der Waals surface area contributed by atoms with E-state index in [-0.39, 0.29) is 46.3 Å². The van der Waals surface area contributed by atoms with Crippen LogP contribution < -0.4 is 19.1 Å². The standard InChI is InChI=1S/C30H27ClN2O6S/c1-38-27-17-24(26(18-28(27)39-2)33(40(3,36)37)19-20-10-6-4-7-11-20)30(35)32-25-15-14-22(31)16-23(25)29(34)21-12-8-5-9-13-21/h4-18H,19H2,1-3H3,(H,32,35). The summed E-state index contributed by atoms with van der Waals surface area (Å²) in [7, 11) is -1.04. The minimum Gasteiger partial charge on any atom is -0.493 e. The number of methoxy groups -OCH3 is 2. The Morgan fingerprint density at radius 3 is 2.02 bits per heavy atom.